The van der Waals surface area contributed by atoms with Crippen molar-refractivity contribution >= 4 is 38.8 Å². The Morgan fingerprint density at radius 3 is 2.49 bits per heavy atom. The van der Waals surface area contributed by atoms with Crippen LogP contribution in [0.15, 0.2) is 85.3 Å². The molecule has 4 heterocycles. The van der Waals surface area contributed by atoms with E-state index in [1.54, 1.807) is 44.3 Å². The Balaban J connectivity index is 1.54. The van der Waals surface area contributed by atoms with Crippen LogP contribution in [0.5, 0.6) is 11.8 Å². The average molecular weight is 621 g/mol. The smallest absolute Gasteiger partial charge is 0.322 e. The van der Waals surface area contributed by atoms with Crippen LogP contribution in [-0.4, -0.2) is 25.8 Å². The molecule has 224 valence electrons. The molecular weight excluding hydrogens is 594 g/mol. The number of hydrogen-bond donors (Lipinski definition) is 2. The third kappa shape index (κ3) is 5.85. The lowest BCUT2D eigenvalue weighted by atomic mass is 9.95. The lowest BCUT2D eigenvalue weighted by molar-refractivity contribution is -0.112. The van der Waals surface area contributed by atoms with E-state index in [2.05, 4.69) is 31.8 Å². The van der Waals surface area contributed by atoms with Gasteiger partial charge in [-0.1, -0.05) is 18.7 Å². The summed E-state index contributed by atoms with van der Waals surface area (Å²) in [6.07, 6.45) is 4.28. The maximum absolute atomic E-state index is 15.6. The minimum Gasteiger partial charge on any atom is -0.421 e. The highest BCUT2D eigenvalue weighted by atomic mass is 32.1. The lowest BCUT2D eigenvalue weighted by Gasteiger charge is -2.13. The van der Waals surface area contributed by atoms with Gasteiger partial charge in [0.1, 0.15) is 11.6 Å². The van der Waals surface area contributed by atoms with Gasteiger partial charge in [-0.05, 0) is 79.9 Å². The molecule has 0 radical (unpaired) electrons. The monoisotopic (exact) mass is 620 g/mol. The topological polar surface area (TPSA) is 116 Å². The van der Waals surface area contributed by atoms with Crippen molar-refractivity contribution in [3.8, 4) is 44.6 Å². The van der Waals surface area contributed by atoms with E-state index in [-0.39, 0.29) is 23.5 Å². The SMILES string of the molecule is C=C(C)C(=O)Nc1ccc(-c2sc3c(-c4ccc(F)cn4)cnc(N)c3c2-c2ccc(Oc3nccc(C)n3)c(F)c2)c(C)c1. The zero-order valence-corrected chi connectivity index (χ0v) is 25.3. The molecule has 11 heteroatoms. The maximum Gasteiger partial charge on any atom is 0.322 e. The number of carbonyl (C=O) groups is 1. The van der Waals surface area contributed by atoms with Crippen molar-refractivity contribution in [3.05, 3.63) is 108 Å². The number of benzene rings is 2. The molecule has 0 bridgehead atoms. The number of anilines is 2. The minimum atomic E-state index is -0.625. The van der Waals surface area contributed by atoms with Crippen molar-refractivity contribution in [2.24, 2.45) is 0 Å². The second-order valence-electron chi connectivity index (χ2n) is 10.4. The Hall–Kier alpha value is -5.55. The second-order valence-corrected chi connectivity index (χ2v) is 11.4. The first-order valence-corrected chi connectivity index (χ1v) is 14.6. The van der Waals surface area contributed by atoms with Crippen molar-refractivity contribution in [1.29, 1.82) is 0 Å². The molecule has 4 aromatic heterocycles. The van der Waals surface area contributed by atoms with Crippen LogP contribution in [0.3, 0.4) is 0 Å². The summed E-state index contributed by atoms with van der Waals surface area (Å²) in [5.74, 6) is -1.17. The van der Waals surface area contributed by atoms with E-state index in [0.29, 0.717) is 44.7 Å². The number of nitrogen functional groups attached to an aromatic ring is 1. The molecule has 0 aliphatic rings. The number of amides is 1. The fourth-order valence-corrected chi connectivity index (χ4v) is 6.29. The van der Waals surface area contributed by atoms with E-state index in [0.717, 1.165) is 26.9 Å². The number of nitrogens with zero attached hydrogens (tertiary/aromatic N) is 4. The number of pyridine rings is 2. The standard InChI is InChI=1S/C34H26F2N6O2S/c1-17(2)33(43)42-22-7-8-23(18(3)13-22)30-28(20-5-10-27(25(36)14-20)44-34-38-12-11-19(4)41-34)29-31(45-30)24(16-40-32(29)37)26-9-6-21(35)15-39-26/h5-16H,1H2,2-4H3,(H2,37,40)(H,42,43). The van der Waals surface area contributed by atoms with Crippen LogP contribution in [-0.2, 0) is 4.79 Å². The predicted molar refractivity (Wildman–Crippen MR) is 173 cm³/mol. The molecule has 8 nitrogen and oxygen atoms in total. The van der Waals surface area contributed by atoms with Crippen molar-refractivity contribution in [2.75, 3.05) is 11.1 Å². The van der Waals surface area contributed by atoms with Gasteiger partial charge in [-0.15, -0.1) is 11.3 Å². The normalized spacial score (nSPS) is 11.0. The molecular formula is C34H26F2N6O2S. The van der Waals surface area contributed by atoms with E-state index < -0.39 is 11.6 Å². The molecule has 0 spiro atoms. The van der Waals surface area contributed by atoms with E-state index in [1.807, 2.05) is 19.1 Å². The second kappa shape index (κ2) is 11.9. The first-order chi connectivity index (χ1) is 21.6. The van der Waals surface area contributed by atoms with Crippen molar-refractivity contribution in [1.82, 2.24) is 19.9 Å². The van der Waals surface area contributed by atoms with E-state index in [4.69, 9.17) is 10.5 Å². The number of hydrogen-bond acceptors (Lipinski definition) is 8. The quantitative estimate of drug-likeness (QED) is 0.173. The molecule has 0 fully saturated rings. The maximum atomic E-state index is 15.6. The molecule has 3 N–H and O–H groups in total. The molecule has 0 unspecified atom stereocenters. The summed E-state index contributed by atoms with van der Waals surface area (Å²) in [6.45, 7) is 9.03. The van der Waals surface area contributed by atoms with Crippen LogP contribution < -0.4 is 15.8 Å². The van der Waals surface area contributed by atoms with Gasteiger partial charge >= 0.3 is 6.01 Å². The molecule has 0 saturated heterocycles. The van der Waals surface area contributed by atoms with E-state index >= 15 is 4.39 Å². The summed E-state index contributed by atoms with van der Waals surface area (Å²) in [4.78, 5) is 30.0. The van der Waals surface area contributed by atoms with Crippen LogP contribution >= 0.6 is 11.3 Å². The summed E-state index contributed by atoms with van der Waals surface area (Å²) >= 11 is 1.44. The summed E-state index contributed by atoms with van der Waals surface area (Å²) in [6, 6.07) is 14.8. The highest BCUT2D eigenvalue weighted by molar-refractivity contribution is 7.23. The fraction of sp³-hybridized carbons (Fsp3) is 0.0882. The van der Waals surface area contributed by atoms with Gasteiger partial charge in [-0.2, -0.15) is 0 Å². The highest BCUT2D eigenvalue weighted by Crippen LogP contribution is 2.50. The number of carbonyl (C=O) groups excluding carboxylic acids is 1. The van der Waals surface area contributed by atoms with Crippen LogP contribution in [0.1, 0.15) is 18.2 Å². The minimum absolute atomic E-state index is 0.0302. The average Bonchev–Trinajstić information content (AvgIpc) is 3.40. The third-order valence-electron chi connectivity index (χ3n) is 7.06. The number of nitrogens with two attached hydrogens (primary N) is 1. The van der Waals surface area contributed by atoms with E-state index in [9.17, 15) is 9.18 Å². The van der Waals surface area contributed by atoms with Gasteiger partial charge in [0.05, 0.1) is 16.6 Å². The number of fused-ring (bicyclic) bond motifs is 1. The molecule has 6 aromatic rings. The molecule has 0 aliphatic heterocycles. The summed E-state index contributed by atoms with van der Waals surface area (Å²) in [5.41, 5.74) is 12.2. The lowest BCUT2D eigenvalue weighted by Crippen LogP contribution is -2.11. The number of halogens is 2. The predicted octanol–water partition coefficient (Wildman–Crippen LogP) is 8.27. The zero-order chi connectivity index (χ0) is 31.8. The summed E-state index contributed by atoms with van der Waals surface area (Å²) in [5, 5.41) is 3.44. The first-order valence-electron chi connectivity index (χ1n) is 13.8. The van der Waals surface area contributed by atoms with E-state index in [1.165, 1.54) is 35.7 Å². The molecule has 2 aromatic carbocycles. The van der Waals surface area contributed by atoms with Gasteiger partial charge in [0.15, 0.2) is 11.6 Å². The van der Waals surface area contributed by atoms with Gasteiger partial charge in [-0.25, -0.2) is 23.7 Å². The Morgan fingerprint density at radius 2 is 1.80 bits per heavy atom. The van der Waals surface area contributed by atoms with Crippen molar-refractivity contribution < 1.29 is 18.3 Å². The molecule has 0 atom stereocenters. The molecule has 6 rings (SSSR count). The fourth-order valence-electron chi connectivity index (χ4n) is 4.85. The number of ether oxygens (including phenoxy) is 1. The van der Waals surface area contributed by atoms with Gasteiger partial charge in [0.25, 0.3) is 5.91 Å². The summed E-state index contributed by atoms with van der Waals surface area (Å²) in [7, 11) is 0. The number of rotatable bonds is 7. The molecule has 0 aliphatic carbocycles. The third-order valence-corrected chi connectivity index (χ3v) is 8.31. The van der Waals surface area contributed by atoms with Crippen molar-refractivity contribution in [3.63, 3.8) is 0 Å². The molecule has 1 amide bonds. The Labute approximate surface area is 261 Å². The largest absolute Gasteiger partial charge is 0.421 e. The Kier molecular flexibility index (Phi) is 7.78. The van der Waals surface area contributed by atoms with Gasteiger partial charge in [-0.3, -0.25) is 9.78 Å². The summed E-state index contributed by atoms with van der Waals surface area (Å²) < 4.78 is 35.8. The highest BCUT2D eigenvalue weighted by Gasteiger charge is 2.24. The Morgan fingerprint density at radius 1 is 0.978 bits per heavy atom. The molecule has 0 saturated carbocycles. The Bertz CT molecular complexity index is 2130. The van der Waals surface area contributed by atoms with Gasteiger partial charge in [0, 0.05) is 50.7 Å². The number of aromatic nitrogens is 4. The number of aryl methyl sites for hydroxylation is 2. The van der Waals surface area contributed by atoms with Gasteiger partial charge < -0.3 is 15.8 Å². The zero-order valence-electron chi connectivity index (χ0n) is 24.5. The van der Waals surface area contributed by atoms with Crippen molar-refractivity contribution in [2.45, 2.75) is 20.8 Å². The van der Waals surface area contributed by atoms with Crippen LogP contribution in [0.25, 0.3) is 42.9 Å². The van der Waals surface area contributed by atoms with Crippen LogP contribution in [0.2, 0.25) is 0 Å². The molecule has 45 heavy (non-hydrogen) atoms. The first kappa shape index (κ1) is 29.5. The van der Waals surface area contributed by atoms with Crippen LogP contribution in [0.4, 0.5) is 20.3 Å². The number of thiophene rings is 1. The van der Waals surface area contributed by atoms with Crippen LogP contribution in [0, 0.1) is 25.5 Å². The number of nitrogens with one attached hydrogen (secondary N) is 1. The van der Waals surface area contributed by atoms with Gasteiger partial charge in [0.2, 0.25) is 0 Å².